The van der Waals surface area contributed by atoms with Crippen LogP contribution in [0, 0.1) is 23.7 Å². The average Bonchev–Trinajstić information content (AvgIpc) is 2.27. The third-order valence-electron chi connectivity index (χ3n) is 4.15. The van der Waals surface area contributed by atoms with Crippen molar-refractivity contribution in [3.63, 3.8) is 0 Å². The second-order valence-corrected chi connectivity index (χ2v) is 5.57. The molecule has 17 heavy (non-hydrogen) atoms. The van der Waals surface area contributed by atoms with Crippen molar-refractivity contribution in [2.45, 2.75) is 47.5 Å². The summed E-state index contributed by atoms with van der Waals surface area (Å²) in [6.07, 6.45) is 4.21. The van der Waals surface area contributed by atoms with Gasteiger partial charge in [0.05, 0.1) is 0 Å². The van der Waals surface area contributed by atoms with Crippen LogP contribution in [0.2, 0.25) is 0 Å². The summed E-state index contributed by atoms with van der Waals surface area (Å²) >= 11 is 0. The fourth-order valence-electron chi connectivity index (χ4n) is 2.51. The molecule has 0 aliphatic rings. The van der Waals surface area contributed by atoms with E-state index in [-0.39, 0.29) is 0 Å². The minimum Gasteiger partial charge on any atom is -0.103 e. The van der Waals surface area contributed by atoms with Gasteiger partial charge in [-0.2, -0.15) is 0 Å². The van der Waals surface area contributed by atoms with Crippen molar-refractivity contribution in [1.82, 2.24) is 0 Å². The fourth-order valence-corrected chi connectivity index (χ4v) is 2.51. The van der Waals surface area contributed by atoms with Gasteiger partial charge in [0.2, 0.25) is 0 Å². The van der Waals surface area contributed by atoms with Crippen LogP contribution >= 0.6 is 0 Å². The lowest BCUT2D eigenvalue weighted by Gasteiger charge is -2.33. The van der Waals surface area contributed by atoms with Crippen molar-refractivity contribution < 1.29 is 0 Å². The van der Waals surface area contributed by atoms with E-state index >= 15 is 0 Å². The summed E-state index contributed by atoms with van der Waals surface area (Å²) in [7, 11) is 0. The normalized spacial score (nSPS) is 17.9. The SMILES string of the molecule is C=CCC(C)C(=C)C(C(=C)C)C(C)C(C)CC. The van der Waals surface area contributed by atoms with Crippen molar-refractivity contribution in [2.75, 3.05) is 0 Å². The Kier molecular flexibility index (Phi) is 7.18. The van der Waals surface area contributed by atoms with E-state index in [2.05, 4.69) is 54.4 Å². The molecule has 0 aromatic rings. The van der Waals surface area contributed by atoms with Gasteiger partial charge in [-0.1, -0.05) is 64.5 Å². The summed E-state index contributed by atoms with van der Waals surface area (Å²) in [6.45, 7) is 23.6. The summed E-state index contributed by atoms with van der Waals surface area (Å²) < 4.78 is 0. The van der Waals surface area contributed by atoms with Gasteiger partial charge in [0.15, 0.2) is 0 Å². The molecule has 0 amide bonds. The Morgan fingerprint density at radius 3 is 2.06 bits per heavy atom. The molecule has 98 valence electrons. The molecule has 0 heteroatoms. The van der Waals surface area contributed by atoms with Crippen LogP contribution in [-0.4, -0.2) is 0 Å². The number of hydrogen-bond acceptors (Lipinski definition) is 0. The van der Waals surface area contributed by atoms with E-state index in [0.717, 1.165) is 6.42 Å². The van der Waals surface area contributed by atoms with Crippen LogP contribution < -0.4 is 0 Å². The smallest absolute Gasteiger partial charge is 0.00298 e. The predicted octanol–water partition coefficient (Wildman–Crippen LogP) is 5.63. The first-order valence-electron chi connectivity index (χ1n) is 6.81. The first kappa shape index (κ1) is 16.2. The van der Waals surface area contributed by atoms with Crippen LogP contribution in [0.5, 0.6) is 0 Å². The molecule has 0 aromatic heterocycles. The lowest BCUT2D eigenvalue weighted by molar-refractivity contribution is 0.302. The van der Waals surface area contributed by atoms with Gasteiger partial charge in [0.25, 0.3) is 0 Å². The quantitative estimate of drug-likeness (QED) is 0.477. The standard InChI is InChI=1S/C17H30/c1-9-11-14(6)16(8)17(12(3)4)15(7)13(5)10-2/h9,13-15,17H,1,3,8,10-11H2,2,4-7H3. The third-order valence-corrected chi connectivity index (χ3v) is 4.15. The second kappa shape index (κ2) is 7.53. The molecule has 0 heterocycles. The Labute approximate surface area is 109 Å². The first-order valence-corrected chi connectivity index (χ1v) is 6.81. The minimum atomic E-state index is 0.444. The van der Waals surface area contributed by atoms with E-state index in [1.54, 1.807) is 0 Å². The van der Waals surface area contributed by atoms with Gasteiger partial charge < -0.3 is 0 Å². The number of allylic oxidation sites excluding steroid dienone is 3. The molecule has 0 aliphatic carbocycles. The molecule has 0 bridgehead atoms. The highest BCUT2D eigenvalue weighted by Crippen LogP contribution is 2.36. The molecule has 4 atom stereocenters. The topological polar surface area (TPSA) is 0 Å². The van der Waals surface area contributed by atoms with E-state index < -0.39 is 0 Å². The summed E-state index contributed by atoms with van der Waals surface area (Å²) in [4.78, 5) is 0. The van der Waals surface area contributed by atoms with Gasteiger partial charge >= 0.3 is 0 Å². The summed E-state index contributed by atoms with van der Waals surface area (Å²) in [6, 6.07) is 0. The molecule has 0 nitrogen and oxygen atoms in total. The first-order chi connectivity index (χ1) is 7.86. The Bertz CT molecular complexity index is 272. The van der Waals surface area contributed by atoms with Crippen LogP contribution in [0.4, 0.5) is 0 Å². The van der Waals surface area contributed by atoms with E-state index in [9.17, 15) is 0 Å². The van der Waals surface area contributed by atoms with Crippen LogP contribution in [0.3, 0.4) is 0 Å². The maximum atomic E-state index is 4.32. The Morgan fingerprint density at radius 1 is 1.18 bits per heavy atom. The summed E-state index contributed by atoms with van der Waals surface area (Å²) in [5, 5.41) is 0. The molecule has 0 fully saturated rings. The zero-order valence-corrected chi connectivity index (χ0v) is 12.4. The van der Waals surface area contributed by atoms with E-state index in [0.29, 0.717) is 23.7 Å². The molecule has 0 rings (SSSR count). The predicted molar refractivity (Wildman–Crippen MR) is 80.0 cm³/mol. The monoisotopic (exact) mass is 234 g/mol. The maximum absolute atomic E-state index is 4.32. The zero-order valence-electron chi connectivity index (χ0n) is 12.4. The highest BCUT2D eigenvalue weighted by Gasteiger charge is 2.26. The number of rotatable bonds is 8. The van der Waals surface area contributed by atoms with Crippen LogP contribution in [0.1, 0.15) is 47.5 Å². The molecular weight excluding hydrogens is 204 g/mol. The largest absolute Gasteiger partial charge is 0.103 e. The molecule has 0 aromatic carbocycles. The van der Waals surface area contributed by atoms with E-state index in [1.165, 1.54) is 17.6 Å². The van der Waals surface area contributed by atoms with Crippen molar-refractivity contribution in [3.8, 4) is 0 Å². The molecule has 4 unspecified atom stereocenters. The van der Waals surface area contributed by atoms with Gasteiger partial charge in [-0.15, -0.1) is 6.58 Å². The molecular formula is C17H30. The molecule has 0 saturated heterocycles. The maximum Gasteiger partial charge on any atom is 0.00298 e. The van der Waals surface area contributed by atoms with E-state index in [1.807, 2.05) is 6.08 Å². The molecule has 0 N–H and O–H groups in total. The van der Waals surface area contributed by atoms with Gasteiger partial charge in [0.1, 0.15) is 0 Å². The molecule has 0 saturated carbocycles. The van der Waals surface area contributed by atoms with E-state index in [4.69, 9.17) is 0 Å². The Balaban J connectivity index is 4.91. The lowest BCUT2D eigenvalue weighted by atomic mass is 9.72. The highest BCUT2D eigenvalue weighted by molar-refractivity contribution is 5.19. The molecule has 0 aliphatic heterocycles. The molecule has 0 radical (unpaired) electrons. The second-order valence-electron chi connectivity index (χ2n) is 5.57. The van der Waals surface area contributed by atoms with Gasteiger partial charge in [-0.05, 0) is 31.1 Å². The van der Waals surface area contributed by atoms with Crippen LogP contribution in [0.25, 0.3) is 0 Å². The summed E-state index contributed by atoms with van der Waals surface area (Å²) in [5.41, 5.74) is 2.57. The highest BCUT2D eigenvalue weighted by atomic mass is 14.3. The Hall–Kier alpha value is -0.780. The van der Waals surface area contributed by atoms with Gasteiger partial charge in [-0.3, -0.25) is 0 Å². The molecule has 0 spiro atoms. The minimum absolute atomic E-state index is 0.444. The van der Waals surface area contributed by atoms with Crippen molar-refractivity contribution >= 4 is 0 Å². The third kappa shape index (κ3) is 4.53. The summed E-state index contributed by atoms with van der Waals surface area (Å²) in [5.74, 6) is 2.28. The van der Waals surface area contributed by atoms with Crippen LogP contribution in [-0.2, 0) is 0 Å². The van der Waals surface area contributed by atoms with Gasteiger partial charge in [0, 0.05) is 5.92 Å². The average molecular weight is 234 g/mol. The lowest BCUT2D eigenvalue weighted by Crippen LogP contribution is -2.23. The van der Waals surface area contributed by atoms with Crippen molar-refractivity contribution in [2.24, 2.45) is 23.7 Å². The number of hydrogen-bond donors (Lipinski definition) is 0. The zero-order chi connectivity index (χ0) is 13.6. The fraction of sp³-hybridized carbons (Fsp3) is 0.647. The van der Waals surface area contributed by atoms with Gasteiger partial charge in [-0.25, -0.2) is 0 Å². The van der Waals surface area contributed by atoms with Crippen molar-refractivity contribution in [3.05, 3.63) is 37.0 Å². The van der Waals surface area contributed by atoms with Crippen LogP contribution in [0.15, 0.2) is 37.0 Å². The van der Waals surface area contributed by atoms with Crippen molar-refractivity contribution in [1.29, 1.82) is 0 Å². The Morgan fingerprint density at radius 2 is 1.71 bits per heavy atom.